The molecule has 1 atom stereocenters. The maximum absolute atomic E-state index is 13.1. The lowest BCUT2D eigenvalue weighted by Gasteiger charge is -2.33. The second-order valence-electron chi connectivity index (χ2n) is 8.96. The highest BCUT2D eigenvalue weighted by atomic mass is 16.5. The fourth-order valence-corrected chi connectivity index (χ4v) is 4.45. The zero-order valence-electron chi connectivity index (χ0n) is 20.5. The topological polar surface area (TPSA) is 79.9 Å². The van der Waals surface area contributed by atoms with Gasteiger partial charge < -0.3 is 20.1 Å². The van der Waals surface area contributed by atoms with E-state index in [1.165, 1.54) is 11.1 Å². The molecule has 4 rings (SSSR count). The molecule has 0 saturated heterocycles. The van der Waals surface area contributed by atoms with Gasteiger partial charge in [0, 0.05) is 25.3 Å². The van der Waals surface area contributed by atoms with Gasteiger partial charge in [0.05, 0.1) is 24.3 Å². The summed E-state index contributed by atoms with van der Waals surface area (Å²) >= 11 is 0. The average molecular weight is 476 g/mol. The minimum absolute atomic E-state index is 0.0574. The largest absolute Gasteiger partial charge is 0.491 e. The van der Waals surface area contributed by atoms with Crippen LogP contribution in [-0.2, 0) is 9.53 Å². The summed E-state index contributed by atoms with van der Waals surface area (Å²) in [7, 11) is 0. The van der Waals surface area contributed by atoms with Crippen LogP contribution in [-0.4, -0.2) is 49.2 Å². The van der Waals surface area contributed by atoms with Crippen LogP contribution in [0.2, 0.25) is 0 Å². The van der Waals surface area contributed by atoms with E-state index in [1.807, 2.05) is 56.3 Å². The van der Waals surface area contributed by atoms with Crippen molar-refractivity contribution in [1.29, 1.82) is 0 Å². The van der Waals surface area contributed by atoms with Crippen LogP contribution in [0.5, 0.6) is 5.75 Å². The monoisotopic (exact) mass is 475 g/mol. The van der Waals surface area contributed by atoms with Crippen molar-refractivity contribution >= 4 is 17.6 Å². The second-order valence-corrected chi connectivity index (χ2v) is 8.96. The van der Waals surface area contributed by atoms with Gasteiger partial charge in [-0.25, -0.2) is 9.59 Å². The molecule has 2 N–H and O–H groups in total. The van der Waals surface area contributed by atoms with Crippen LogP contribution in [0.4, 0.5) is 4.79 Å². The summed E-state index contributed by atoms with van der Waals surface area (Å²) in [6, 6.07) is 16.9. The summed E-state index contributed by atoms with van der Waals surface area (Å²) in [5, 5.41) is 5.77. The number of nitrogens with zero attached hydrogens (tertiary/aromatic N) is 1. The first-order valence-electron chi connectivity index (χ1n) is 12.2. The fraction of sp³-hybridized carbons (Fsp3) is 0.357. The molecule has 2 heterocycles. The maximum atomic E-state index is 13.1. The minimum atomic E-state index is -0.605. The molecule has 184 valence electrons. The molecule has 0 bridgehead atoms. The molecule has 0 saturated carbocycles. The highest BCUT2D eigenvalue weighted by Crippen LogP contribution is 2.30. The van der Waals surface area contributed by atoms with E-state index in [4.69, 9.17) is 9.47 Å². The van der Waals surface area contributed by atoms with Crippen molar-refractivity contribution in [2.75, 3.05) is 26.2 Å². The predicted molar refractivity (Wildman–Crippen MR) is 136 cm³/mol. The van der Waals surface area contributed by atoms with Crippen LogP contribution in [0.1, 0.15) is 44.4 Å². The van der Waals surface area contributed by atoms with E-state index in [-0.39, 0.29) is 18.7 Å². The first-order chi connectivity index (χ1) is 16.9. The molecule has 7 nitrogen and oxygen atoms in total. The van der Waals surface area contributed by atoms with Gasteiger partial charge in [0.1, 0.15) is 5.75 Å². The molecule has 0 unspecified atom stereocenters. The SMILES string of the molecule is CCOC(=O)C1=C(CN2CC=C(c3ccccc3)CC2)NC(=O)N[C@H]1c1ccc(OC(C)C)cc1. The number of carbonyl (C=O) groups excluding carboxylic acids is 2. The van der Waals surface area contributed by atoms with Gasteiger partial charge in [0.2, 0.25) is 0 Å². The summed E-state index contributed by atoms with van der Waals surface area (Å²) in [5.41, 5.74) is 4.36. The summed E-state index contributed by atoms with van der Waals surface area (Å²) in [6.07, 6.45) is 3.18. The Morgan fingerprint density at radius 2 is 1.86 bits per heavy atom. The number of carbonyl (C=O) groups is 2. The lowest BCUT2D eigenvalue weighted by atomic mass is 9.94. The highest BCUT2D eigenvalue weighted by Gasteiger charge is 2.34. The zero-order chi connectivity index (χ0) is 24.8. The zero-order valence-corrected chi connectivity index (χ0v) is 20.5. The van der Waals surface area contributed by atoms with Gasteiger partial charge in [-0.3, -0.25) is 4.90 Å². The molecule has 2 aromatic carbocycles. The Balaban J connectivity index is 1.59. The van der Waals surface area contributed by atoms with Gasteiger partial charge in [0.15, 0.2) is 0 Å². The van der Waals surface area contributed by atoms with E-state index < -0.39 is 12.0 Å². The molecule has 0 radical (unpaired) electrons. The predicted octanol–water partition coefficient (Wildman–Crippen LogP) is 4.43. The Labute approximate surface area is 206 Å². The number of ether oxygens (including phenoxy) is 2. The summed E-state index contributed by atoms with van der Waals surface area (Å²) in [5.74, 6) is 0.306. The molecule has 0 spiro atoms. The lowest BCUT2D eigenvalue weighted by molar-refractivity contribution is -0.139. The molecule has 2 amide bonds. The number of esters is 1. The second kappa shape index (κ2) is 11.2. The molecule has 35 heavy (non-hydrogen) atoms. The van der Waals surface area contributed by atoms with Crippen LogP contribution < -0.4 is 15.4 Å². The van der Waals surface area contributed by atoms with Gasteiger partial charge in [-0.05, 0) is 56.0 Å². The van der Waals surface area contributed by atoms with Crippen molar-refractivity contribution in [3.05, 3.63) is 83.1 Å². The van der Waals surface area contributed by atoms with Crippen molar-refractivity contribution in [1.82, 2.24) is 15.5 Å². The third kappa shape index (κ3) is 6.11. The van der Waals surface area contributed by atoms with E-state index >= 15 is 0 Å². The van der Waals surface area contributed by atoms with Crippen LogP contribution in [0.15, 0.2) is 71.9 Å². The van der Waals surface area contributed by atoms with Gasteiger partial charge in [-0.1, -0.05) is 48.5 Å². The Bertz CT molecular complexity index is 1110. The summed E-state index contributed by atoms with van der Waals surface area (Å²) < 4.78 is 11.1. The highest BCUT2D eigenvalue weighted by molar-refractivity contribution is 5.95. The van der Waals surface area contributed by atoms with Crippen LogP contribution in [0, 0.1) is 0 Å². The average Bonchev–Trinajstić information content (AvgIpc) is 2.85. The van der Waals surface area contributed by atoms with Crippen molar-refractivity contribution in [3.8, 4) is 5.75 Å². The minimum Gasteiger partial charge on any atom is -0.491 e. The van der Waals surface area contributed by atoms with E-state index in [9.17, 15) is 9.59 Å². The molecule has 2 aliphatic heterocycles. The molecule has 0 aliphatic carbocycles. The number of rotatable bonds is 8. The van der Waals surface area contributed by atoms with E-state index in [0.29, 0.717) is 17.8 Å². The standard InChI is InChI=1S/C28H33N3O4/c1-4-34-27(32)25-24(18-31-16-14-21(15-17-31)20-8-6-5-7-9-20)29-28(33)30-26(25)22-10-12-23(13-11-22)35-19(2)3/h5-14,19,26H,4,15-18H2,1-3H3,(H2,29,30,33)/t26-/m0/s1. The molecule has 7 heteroatoms. The third-order valence-electron chi connectivity index (χ3n) is 6.05. The third-order valence-corrected chi connectivity index (χ3v) is 6.05. The van der Waals surface area contributed by atoms with E-state index in [0.717, 1.165) is 30.8 Å². The lowest BCUT2D eigenvalue weighted by Crippen LogP contribution is -2.48. The van der Waals surface area contributed by atoms with Crippen molar-refractivity contribution < 1.29 is 19.1 Å². The van der Waals surface area contributed by atoms with E-state index in [1.54, 1.807) is 6.92 Å². The van der Waals surface area contributed by atoms with Crippen LogP contribution >= 0.6 is 0 Å². The first kappa shape index (κ1) is 24.5. The number of nitrogens with one attached hydrogen (secondary N) is 2. The molecular formula is C28H33N3O4. The Kier molecular flexibility index (Phi) is 7.87. The summed E-state index contributed by atoms with van der Waals surface area (Å²) in [4.78, 5) is 27.9. The Hall–Kier alpha value is -3.58. The van der Waals surface area contributed by atoms with Gasteiger partial charge in [-0.15, -0.1) is 0 Å². The smallest absolute Gasteiger partial charge is 0.338 e. The fourth-order valence-electron chi connectivity index (χ4n) is 4.45. The van der Waals surface area contributed by atoms with Crippen molar-refractivity contribution in [2.45, 2.75) is 39.3 Å². The van der Waals surface area contributed by atoms with Gasteiger partial charge in [0.25, 0.3) is 0 Å². The first-order valence-corrected chi connectivity index (χ1v) is 12.2. The molecule has 0 aromatic heterocycles. The van der Waals surface area contributed by atoms with Crippen molar-refractivity contribution in [3.63, 3.8) is 0 Å². The van der Waals surface area contributed by atoms with Gasteiger partial charge >= 0.3 is 12.0 Å². The number of hydrogen-bond donors (Lipinski definition) is 2. The number of urea groups is 1. The number of hydrogen-bond acceptors (Lipinski definition) is 5. The number of benzene rings is 2. The molecule has 0 fully saturated rings. The Morgan fingerprint density at radius 1 is 1.11 bits per heavy atom. The molecule has 2 aromatic rings. The molecular weight excluding hydrogens is 442 g/mol. The molecule has 2 aliphatic rings. The normalized spacial score (nSPS) is 18.6. The number of amides is 2. The maximum Gasteiger partial charge on any atom is 0.338 e. The van der Waals surface area contributed by atoms with Crippen LogP contribution in [0.25, 0.3) is 5.57 Å². The van der Waals surface area contributed by atoms with Gasteiger partial charge in [-0.2, -0.15) is 0 Å². The van der Waals surface area contributed by atoms with Crippen molar-refractivity contribution in [2.24, 2.45) is 0 Å². The van der Waals surface area contributed by atoms with Crippen LogP contribution in [0.3, 0.4) is 0 Å². The van der Waals surface area contributed by atoms with E-state index in [2.05, 4.69) is 33.7 Å². The quantitative estimate of drug-likeness (QED) is 0.552. The summed E-state index contributed by atoms with van der Waals surface area (Å²) in [6.45, 7) is 7.98. The Morgan fingerprint density at radius 3 is 2.49 bits per heavy atom.